The zero-order valence-electron chi connectivity index (χ0n) is 23.1. The van der Waals surface area contributed by atoms with Crippen LogP contribution < -0.4 is 10.6 Å². The van der Waals surface area contributed by atoms with Crippen LogP contribution in [-0.4, -0.2) is 44.4 Å². The Bertz CT molecular complexity index is 1570. The van der Waals surface area contributed by atoms with Gasteiger partial charge in [0.1, 0.15) is 10.8 Å². The lowest BCUT2D eigenvalue weighted by atomic mass is 10.1. The maximum Gasteiger partial charge on any atom is 0.341 e. The molecule has 0 unspecified atom stereocenters. The van der Waals surface area contributed by atoms with E-state index >= 15 is 0 Å². The Morgan fingerprint density at radius 3 is 2.64 bits per heavy atom. The van der Waals surface area contributed by atoms with Crippen LogP contribution in [0.1, 0.15) is 69.4 Å². The molecule has 2 N–H and O–H groups in total. The molecule has 3 aromatic heterocycles. The van der Waals surface area contributed by atoms with Gasteiger partial charge in [0.25, 0.3) is 5.91 Å². The molecule has 0 saturated carbocycles. The number of esters is 1. The van der Waals surface area contributed by atoms with Crippen molar-refractivity contribution >= 4 is 57.2 Å². The van der Waals surface area contributed by atoms with E-state index in [0.717, 1.165) is 42.5 Å². The van der Waals surface area contributed by atoms with Crippen LogP contribution in [0.5, 0.6) is 0 Å². The monoisotopic (exact) mass is 627 g/mol. The number of hydrogen-bond acceptors (Lipinski definition) is 9. The third-order valence-electron chi connectivity index (χ3n) is 6.73. The largest absolute Gasteiger partial charge is 0.462 e. The fourth-order valence-electron chi connectivity index (χ4n) is 4.67. The smallest absolute Gasteiger partial charge is 0.341 e. The van der Waals surface area contributed by atoms with Gasteiger partial charge >= 0.3 is 5.97 Å². The summed E-state index contributed by atoms with van der Waals surface area (Å²) in [7, 11) is 0. The minimum Gasteiger partial charge on any atom is -0.462 e. The number of thiophene rings is 2. The summed E-state index contributed by atoms with van der Waals surface area (Å²) in [5.74, 6) is -0.936. The lowest BCUT2D eigenvalue weighted by Gasteiger charge is -2.14. The summed E-state index contributed by atoms with van der Waals surface area (Å²) in [5, 5.41) is 16.5. The number of nitrogens with one attached hydrogen (secondary N) is 2. The van der Waals surface area contributed by atoms with Gasteiger partial charge in [-0.25, -0.2) is 9.18 Å². The average molecular weight is 628 g/mol. The van der Waals surface area contributed by atoms with E-state index < -0.39 is 17.0 Å². The summed E-state index contributed by atoms with van der Waals surface area (Å²) < 4.78 is 20.8. The van der Waals surface area contributed by atoms with Gasteiger partial charge in [0.15, 0.2) is 11.0 Å². The van der Waals surface area contributed by atoms with Crippen molar-refractivity contribution < 1.29 is 23.5 Å². The van der Waals surface area contributed by atoms with Crippen molar-refractivity contribution in [3.05, 3.63) is 74.3 Å². The highest BCUT2D eigenvalue weighted by Crippen LogP contribution is 2.38. The maximum atomic E-state index is 13.7. The van der Waals surface area contributed by atoms with Gasteiger partial charge in [-0.2, -0.15) is 0 Å². The molecule has 0 bridgehead atoms. The van der Waals surface area contributed by atoms with Crippen LogP contribution in [0.3, 0.4) is 0 Å². The second-order valence-corrected chi connectivity index (χ2v) is 13.0. The van der Waals surface area contributed by atoms with Gasteiger partial charge in [0.2, 0.25) is 5.91 Å². The van der Waals surface area contributed by atoms with Crippen LogP contribution in [0.2, 0.25) is 0 Å². The molecule has 42 heavy (non-hydrogen) atoms. The number of aromatic nitrogens is 3. The fourth-order valence-corrected chi connectivity index (χ4v) is 7.48. The van der Waals surface area contributed by atoms with E-state index in [9.17, 15) is 18.8 Å². The summed E-state index contributed by atoms with van der Waals surface area (Å²) in [6.07, 6.45) is 4.80. The topological polar surface area (TPSA) is 115 Å². The Balaban J connectivity index is 1.37. The quantitative estimate of drug-likeness (QED) is 0.125. The molecule has 3 heterocycles. The zero-order chi connectivity index (χ0) is 29.6. The highest BCUT2D eigenvalue weighted by molar-refractivity contribution is 8.00. The van der Waals surface area contributed by atoms with Gasteiger partial charge in [-0.3, -0.25) is 14.2 Å². The van der Waals surface area contributed by atoms with Crippen LogP contribution in [0, 0.1) is 5.82 Å². The van der Waals surface area contributed by atoms with Gasteiger partial charge in [0.05, 0.1) is 28.8 Å². The normalized spacial score (nSPS) is 13.6. The summed E-state index contributed by atoms with van der Waals surface area (Å²) in [6.45, 7) is 3.83. The Kier molecular flexibility index (Phi) is 9.70. The Labute approximate surface area is 254 Å². The molecule has 1 aromatic carbocycles. The Hall–Kier alpha value is -3.55. The van der Waals surface area contributed by atoms with Crippen LogP contribution in [0.25, 0.3) is 5.69 Å². The lowest BCUT2D eigenvalue weighted by Crippen LogP contribution is -2.25. The second kappa shape index (κ2) is 13.6. The molecule has 2 amide bonds. The molecule has 0 radical (unpaired) electrons. The van der Waals surface area contributed by atoms with Crippen molar-refractivity contribution in [3.63, 3.8) is 0 Å². The fraction of sp³-hybridized carbons (Fsp3) is 0.345. The molecule has 220 valence electrons. The van der Waals surface area contributed by atoms with Crippen LogP contribution >= 0.6 is 34.4 Å². The summed E-state index contributed by atoms with van der Waals surface area (Å²) in [4.78, 5) is 40.6. The van der Waals surface area contributed by atoms with Crippen molar-refractivity contribution in [2.45, 2.75) is 62.9 Å². The Morgan fingerprint density at radius 1 is 1.12 bits per heavy atom. The van der Waals surface area contributed by atoms with Gasteiger partial charge in [-0.05, 0) is 80.8 Å². The first kappa shape index (κ1) is 29.9. The number of anilines is 1. The van der Waals surface area contributed by atoms with Crippen LogP contribution in [0.4, 0.5) is 9.39 Å². The molecule has 0 spiro atoms. The molecule has 9 nitrogen and oxygen atoms in total. The molecule has 0 saturated heterocycles. The van der Waals surface area contributed by atoms with Gasteiger partial charge in [0, 0.05) is 10.6 Å². The third-order valence-corrected chi connectivity index (χ3v) is 9.84. The molecule has 5 rings (SSSR count). The second-order valence-electron chi connectivity index (χ2n) is 9.61. The number of carbonyl (C=O) groups is 3. The van der Waals surface area contributed by atoms with Crippen LogP contribution in [0.15, 0.2) is 46.9 Å². The third kappa shape index (κ3) is 6.74. The van der Waals surface area contributed by atoms with E-state index in [0.29, 0.717) is 32.1 Å². The number of benzene rings is 1. The molecule has 4 aromatic rings. The number of carbonyl (C=O) groups excluding carboxylic acids is 3. The van der Waals surface area contributed by atoms with Crippen molar-refractivity contribution in [3.8, 4) is 5.69 Å². The highest BCUT2D eigenvalue weighted by atomic mass is 32.2. The van der Waals surface area contributed by atoms with E-state index in [1.807, 2.05) is 5.38 Å². The van der Waals surface area contributed by atoms with Crippen molar-refractivity contribution in [2.75, 3.05) is 11.9 Å². The number of fused-ring (bicyclic) bond motifs is 1. The van der Waals surface area contributed by atoms with Crippen molar-refractivity contribution in [1.29, 1.82) is 0 Å². The average Bonchev–Trinajstić information content (AvgIpc) is 3.69. The Morgan fingerprint density at radius 2 is 1.90 bits per heavy atom. The number of hydrogen-bond donors (Lipinski definition) is 2. The molecular weight excluding hydrogens is 598 g/mol. The summed E-state index contributed by atoms with van der Waals surface area (Å²) >= 11 is 3.95. The molecule has 0 fully saturated rings. The molecule has 1 atom stereocenters. The van der Waals surface area contributed by atoms with Crippen molar-refractivity contribution in [1.82, 2.24) is 20.1 Å². The molecular formula is C29H30FN5O4S3. The SMILES string of the molecule is CCOC(=O)c1c(NC(=O)[C@@H](C)Sc2nnc(CNC(=O)c3cccs3)n2-c2ccc(F)cc2)sc2c1CCCCC2. The van der Waals surface area contributed by atoms with E-state index in [4.69, 9.17) is 4.74 Å². The number of thioether (sulfide) groups is 1. The number of nitrogens with zero attached hydrogens (tertiary/aromatic N) is 3. The number of rotatable bonds is 10. The number of halogens is 1. The van der Waals surface area contributed by atoms with Gasteiger partial charge in [-0.1, -0.05) is 24.2 Å². The molecule has 1 aliphatic carbocycles. The predicted molar refractivity (Wildman–Crippen MR) is 162 cm³/mol. The number of ether oxygens (including phenoxy) is 1. The van der Waals surface area contributed by atoms with E-state index in [2.05, 4.69) is 20.8 Å². The number of aryl methyl sites for hydroxylation is 1. The standard InChI is InChI=1S/C29H30FN5O4S3/c1-3-39-28(38)24-20-8-5-4-6-9-21(20)42-27(24)32-25(36)17(2)41-29-34-33-23(16-31-26(37)22-10-7-15-40-22)35(29)19-13-11-18(30)12-14-19/h7,10-15,17H,3-6,8-9,16H2,1-2H3,(H,31,37)(H,32,36)/t17-/m1/s1. The highest BCUT2D eigenvalue weighted by Gasteiger charge is 2.29. The molecule has 13 heteroatoms. The van der Waals surface area contributed by atoms with Gasteiger partial charge < -0.3 is 15.4 Å². The van der Waals surface area contributed by atoms with Crippen LogP contribution in [-0.2, 0) is 28.9 Å². The van der Waals surface area contributed by atoms with E-state index in [1.54, 1.807) is 42.7 Å². The first-order chi connectivity index (χ1) is 20.4. The van der Waals surface area contributed by atoms with Crippen molar-refractivity contribution in [2.24, 2.45) is 0 Å². The minimum atomic E-state index is -0.626. The van der Waals surface area contributed by atoms with E-state index in [1.165, 1.54) is 46.6 Å². The predicted octanol–water partition coefficient (Wildman–Crippen LogP) is 6.02. The first-order valence-corrected chi connectivity index (χ1v) is 16.2. The number of amides is 2. The minimum absolute atomic E-state index is 0.0753. The summed E-state index contributed by atoms with van der Waals surface area (Å²) in [5.41, 5.74) is 2.03. The van der Waals surface area contributed by atoms with Gasteiger partial charge in [-0.15, -0.1) is 32.9 Å². The zero-order valence-corrected chi connectivity index (χ0v) is 25.6. The lowest BCUT2D eigenvalue weighted by molar-refractivity contribution is -0.115. The molecule has 0 aliphatic heterocycles. The first-order valence-electron chi connectivity index (χ1n) is 13.7. The summed E-state index contributed by atoms with van der Waals surface area (Å²) in [6, 6.07) is 9.34. The molecule has 1 aliphatic rings. The maximum absolute atomic E-state index is 13.7. The van der Waals surface area contributed by atoms with E-state index in [-0.39, 0.29) is 25.0 Å².